The Morgan fingerprint density at radius 2 is 1.76 bits per heavy atom. The van der Waals surface area contributed by atoms with Crippen molar-refractivity contribution in [2.24, 2.45) is 5.92 Å². The summed E-state index contributed by atoms with van der Waals surface area (Å²) in [6, 6.07) is 8.14. The second kappa shape index (κ2) is 7.05. The van der Waals surface area contributed by atoms with Crippen molar-refractivity contribution in [3.63, 3.8) is 0 Å². The molecule has 0 saturated carbocycles. The highest BCUT2D eigenvalue weighted by Gasteiger charge is 2.17. The molecule has 0 spiro atoms. The lowest BCUT2D eigenvalue weighted by atomic mass is 9.96. The highest BCUT2D eigenvalue weighted by Crippen LogP contribution is 2.22. The fourth-order valence-electron chi connectivity index (χ4n) is 3.27. The van der Waals surface area contributed by atoms with Crippen LogP contribution in [0.15, 0.2) is 24.3 Å². The highest BCUT2D eigenvalue weighted by atomic mass is 16.1. The van der Waals surface area contributed by atoms with Gasteiger partial charge in [-0.2, -0.15) is 0 Å². The molecule has 1 aromatic rings. The molecule has 0 aromatic heterocycles. The number of carbonyl (C=O) groups is 1. The SMILES string of the molecule is O=C(NCC1CCNCC1)c1ccc([C@H]2CCNC2)cc1. The molecule has 0 radical (unpaired) electrons. The van der Waals surface area contributed by atoms with Crippen LogP contribution in [0.2, 0.25) is 0 Å². The summed E-state index contributed by atoms with van der Waals surface area (Å²) in [5, 5.41) is 9.81. The van der Waals surface area contributed by atoms with E-state index in [1.807, 2.05) is 12.1 Å². The maximum Gasteiger partial charge on any atom is 0.251 e. The van der Waals surface area contributed by atoms with Gasteiger partial charge in [0.1, 0.15) is 0 Å². The Labute approximate surface area is 126 Å². The predicted molar refractivity (Wildman–Crippen MR) is 84.6 cm³/mol. The molecule has 0 bridgehead atoms. The number of carbonyl (C=O) groups excluding carboxylic acids is 1. The summed E-state index contributed by atoms with van der Waals surface area (Å²) in [5.41, 5.74) is 2.12. The minimum atomic E-state index is 0.0598. The fraction of sp³-hybridized carbons (Fsp3) is 0.588. The minimum absolute atomic E-state index is 0.0598. The molecule has 2 saturated heterocycles. The summed E-state index contributed by atoms with van der Waals surface area (Å²) in [7, 11) is 0. The van der Waals surface area contributed by atoms with Gasteiger partial charge in [-0.1, -0.05) is 12.1 Å². The van der Waals surface area contributed by atoms with E-state index in [2.05, 4.69) is 28.1 Å². The van der Waals surface area contributed by atoms with Crippen molar-refractivity contribution in [1.29, 1.82) is 0 Å². The van der Waals surface area contributed by atoms with Crippen molar-refractivity contribution in [2.75, 3.05) is 32.7 Å². The Kier molecular flexibility index (Phi) is 4.88. The van der Waals surface area contributed by atoms with Crippen molar-refractivity contribution in [3.05, 3.63) is 35.4 Å². The van der Waals surface area contributed by atoms with E-state index in [1.54, 1.807) is 0 Å². The molecule has 1 aromatic carbocycles. The summed E-state index contributed by atoms with van der Waals surface area (Å²) in [5.74, 6) is 1.29. The Bertz CT molecular complexity index is 459. The number of rotatable bonds is 4. The van der Waals surface area contributed by atoms with Crippen LogP contribution >= 0.6 is 0 Å². The van der Waals surface area contributed by atoms with Gasteiger partial charge in [0, 0.05) is 18.7 Å². The van der Waals surface area contributed by atoms with Gasteiger partial charge in [0.2, 0.25) is 0 Å². The first kappa shape index (κ1) is 14.5. The van der Waals surface area contributed by atoms with Crippen LogP contribution in [0, 0.1) is 5.92 Å². The van der Waals surface area contributed by atoms with Crippen LogP contribution in [0.1, 0.15) is 41.1 Å². The molecule has 4 heteroatoms. The average molecular weight is 287 g/mol. The monoisotopic (exact) mass is 287 g/mol. The largest absolute Gasteiger partial charge is 0.352 e. The molecule has 21 heavy (non-hydrogen) atoms. The van der Waals surface area contributed by atoms with Crippen molar-refractivity contribution in [3.8, 4) is 0 Å². The van der Waals surface area contributed by atoms with Gasteiger partial charge in [0.15, 0.2) is 0 Å². The third kappa shape index (κ3) is 3.83. The second-order valence-electron chi connectivity index (χ2n) is 6.22. The van der Waals surface area contributed by atoms with Crippen molar-refractivity contribution < 1.29 is 4.79 Å². The first-order chi connectivity index (χ1) is 10.3. The van der Waals surface area contributed by atoms with Gasteiger partial charge in [-0.3, -0.25) is 4.79 Å². The average Bonchev–Trinajstić information content (AvgIpc) is 3.08. The molecule has 3 rings (SSSR count). The van der Waals surface area contributed by atoms with E-state index in [4.69, 9.17) is 0 Å². The van der Waals surface area contributed by atoms with Gasteiger partial charge in [0.05, 0.1) is 0 Å². The van der Waals surface area contributed by atoms with Gasteiger partial charge in [-0.25, -0.2) is 0 Å². The zero-order chi connectivity index (χ0) is 14.5. The molecule has 4 nitrogen and oxygen atoms in total. The molecular formula is C17H25N3O. The topological polar surface area (TPSA) is 53.2 Å². The molecule has 114 valence electrons. The normalized spacial score (nSPS) is 23.1. The lowest BCUT2D eigenvalue weighted by molar-refractivity contribution is 0.0944. The van der Waals surface area contributed by atoms with E-state index in [0.717, 1.165) is 51.1 Å². The molecular weight excluding hydrogens is 262 g/mol. The second-order valence-corrected chi connectivity index (χ2v) is 6.22. The highest BCUT2D eigenvalue weighted by molar-refractivity contribution is 5.94. The van der Waals surface area contributed by atoms with Gasteiger partial charge in [0.25, 0.3) is 5.91 Å². The minimum Gasteiger partial charge on any atom is -0.352 e. The van der Waals surface area contributed by atoms with Crippen molar-refractivity contribution in [1.82, 2.24) is 16.0 Å². The molecule has 2 fully saturated rings. The smallest absolute Gasteiger partial charge is 0.251 e. The Hall–Kier alpha value is -1.39. The molecule has 1 amide bonds. The maximum atomic E-state index is 12.2. The van der Waals surface area contributed by atoms with E-state index in [9.17, 15) is 4.79 Å². The van der Waals surface area contributed by atoms with Crippen molar-refractivity contribution in [2.45, 2.75) is 25.2 Å². The molecule has 0 aliphatic carbocycles. The van der Waals surface area contributed by atoms with Crippen LogP contribution in [-0.2, 0) is 0 Å². The molecule has 0 unspecified atom stereocenters. The lowest BCUT2D eigenvalue weighted by Crippen LogP contribution is -2.35. The Morgan fingerprint density at radius 3 is 2.43 bits per heavy atom. The third-order valence-electron chi connectivity index (χ3n) is 4.71. The van der Waals surface area contributed by atoms with Crippen LogP contribution < -0.4 is 16.0 Å². The summed E-state index contributed by atoms with van der Waals surface area (Å²) in [4.78, 5) is 12.2. The molecule has 3 N–H and O–H groups in total. The Balaban J connectivity index is 1.52. The number of amides is 1. The predicted octanol–water partition coefficient (Wildman–Crippen LogP) is 1.49. The van der Waals surface area contributed by atoms with E-state index >= 15 is 0 Å². The third-order valence-corrected chi connectivity index (χ3v) is 4.71. The van der Waals surface area contributed by atoms with E-state index in [-0.39, 0.29) is 5.91 Å². The number of nitrogens with one attached hydrogen (secondary N) is 3. The van der Waals surface area contributed by atoms with Gasteiger partial charge >= 0.3 is 0 Å². The summed E-state index contributed by atoms with van der Waals surface area (Å²) in [6.45, 7) is 5.11. The number of hydrogen-bond donors (Lipinski definition) is 3. The number of hydrogen-bond acceptors (Lipinski definition) is 3. The van der Waals surface area contributed by atoms with E-state index < -0.39 is 0 Å². The molecule has 1 atom stereocenters. The zero-order valence-electron chi connectivity index (χ0n) is 12.5. The van der Waals surface area contributed by atoms with E-state index in [0.29, 0.717) is 11.8 Å². The standard InChI is InChI=1S/C17H25N3O/c21-17(20-11-13-5-8-18-9-6-13)15-3-1-14(2-4-15)16-7-10-19-12-16/h1-4,13,16,18-19H,5-12H2,(H,20,21)/t16-/m0/s1. The van der Waals surface area contributed by atoms with Crippen LogP contribution in [0.25, 0.3) is 0 Å². The van der Waals surface area contributed by atoms with Gasteiger partial charge in [-0.15, -0.1) is 0 Å². The molecule has 2 heterocycles. The van der Waals surface area contributed by atoms with Crippen LogP contribution in [0.3, 0.4) is 0 Å². The summed E-state index contributed by atoms with van der Waals surface area (Å²) < 4.78 is 0. The van der Waals surface area contributed by atoms with Crippen LogP contribution in [0.5, 0.6) is 0 Å². The first-order valence-corrected chi connectivity index (χ1v) is 8.12. The molecule has 2 aliphatic rings. The lowest BCUT2D eigenvalue weighted by Gasteiger charge is -2.22. The Morgan fingerprint density at radius 1 is 1.05 bits per heavy atom. The fourth-order valence-corrected chi connectivity index (χ4v) is 3.27. The molecule has 2 aliphatic heterocycles. The maximum absolute atomic E-state index is 12.2. The number of benzene rings is 1. The zero-order valence-corrected chi connectivity index (χ0v) is 12.5. The van der Waals surface area contributed by atoms with E-state index in [1.165, 1.54) is 12.0 Å². The summed E-state index contributed by atoms with van der Waals surface area (Å²) >= 11 is 0. The van der Waals surface area contributed by atoms with Crippen molar-refractivity contribution >= 4 is 5.91 Å². The quantitative estimate of drug-likeness (QED) is 0.786. The van der Waals surface area contributed by atoms with Crippen LogP contribution in [-0.4, -0.2) is 38.6 Å². The first-order valence-electron chi connectivity index (χ1n) is 8.12. The summed E-state index contributed by atoms with van der Waals surface area (Å²) in [6.07, 6.45) is 3.52. The van der Waals surface area contributed by atoms with Gasteiger partial charge in [-0.05, 0) is 68.4 Å². The van der Waals surface area contributed by atoms with Gasteiger partial charge < -0.3 is 16.0 Å². The van der Waals surface area contributed by atoms with Crippen LogP contribution in [0.4, 0.5) is 0 Å². The number of piperidine rings is 1.